The second-order valence-corrected chi connectivity index (χ2v) is 5.94. The summed E-state index contributed by atoms with van der Waals surface area (Å²) < 4.78 is 5.21. The van der Waals surface area contributed by atoms with Crippen molar-refractivity contribution in [1.82, 2.24) is 0 Å². The van der Waals surface area contributed by atoms with E-state index in [2.05, 4.69) is 19.1 Å². The van der Waals surface area contributed by atoms with Gasteiger partial charge in [0.25, 0.3) is 0 Å². The summed E-state index contributed by atoms with van der Waals surface area (Å²) in [6.45, 7) is 2.09. The van der Waals surface area contributed by atoms with Crippen LogP contribution < -0.4 is 9.75 Å². The lowest BCUT2D eigenvalue weighted by Gasteiger charge is -2.24. The van der Waals surface area contributed by atoms with Crippen LogP contribution in [0, 0.1) is 28.6 Å². The largest absolute Gasteiger partial charge is 0.497 e. The van der Waals surface area contributed by atoms with Gasteiger partial charge in [-0.2, -0.15) is 15.6 Å². The molecule has 1 aliphatic heterocycles. The van der Waals surface area contributed by atoms with E-state index in [0.29, 0.717) is 12.0 Å². The highest BCUT2D eigenvalue weighted by atomic mass is 16.5. The lowest BCUT2D eigenvalue weighted by atomic mass is 9.91. The first-order valence-electron chi connectivity index (χ1n) is 8.07. The topological polar surface area (TPSA) is 72.4 Å². The first kappa shape index (κ1) is 16.5. The van der Waals surface area contributed by atoms with E-state index < -0.39 is 0 Å². The van der Waals surface area contributed by atoms with Gasteiger partial charge >= 0.3 is 0 Å². The summed E-state index contributed by atoms with van der Waals surface area (Å²) in [6.07, 6.45) is 0.385. The normalized spacial score (nSPS) is 19.0. The van der Waals surface area contributed by atoms with Gasteiger partial charge in [0.1, 0.15) is 5.75 Å². The minimum atomic E-state index is -0.0240. The molecule has 1 aliphatic rings. The first-order chi connectivity index (χ1) is 12.2. The number of hydrogen-bond donors (Lipinski definition) is 0. The van der Waals surface area contributed by atoms with Gasteiger partial charge in [-0.25, -0.2) is 0 Å². The summed E-state index contributed by atoms with van der Waals surface area (Å²) in [5.41, 5.74) is 3.46. The Hall–Kier alpha value is -3.31. The SMILES string of the molecule is COc1ccc(N2N=C(c3ccc(C#N)cc3)[C@@H](C)[C@@H]2CC#N)cc1. The van der Waals surface area contributed by atoms with Crippen LogP contribution in [-0.2, 0) is 0 Å². The molecule has 2 atom stereocenters. The summed E-state index contributed by atoms with van der Waals surface area (Å²) in [4.78, 5) is 0. The van der Waals surface area contributed by atoms with Crippen LogP contribution >= 0.6 is 0 Å². The molecule has 0 spiro atoms. The van der Waals surface area contributed by atoms with Crippen LogP contribution in [0.2, 0.25) is 0 Å². The second-order valence-electron chi connectivity index (χ2n) is 5.94. The number of rotatable bonds is 4. The number of ether oxygens (including phenoxy) is 1. The Morgan fingerprint density at radius 3 is 2.32 bits per heavy atom. The molecule has 0 saturated carbocycles. The van der Waals surface area contributed by atoms with E-state index in [-0.39, 0.29) is 12.0 Å². The van der Waals surface area contributed by atoms with Gasteiger partial charge in [-0.1, -0.05) is 19.1 Å². The van der Waals surface area contributed by atoms with E-state index in [9.17, 15) is 5.26 Å². The number of benzene rings is 2. The van der Waals surface area contributed by atoms with Crippen LogP contribution in [0.5, 0.6) is 5.75 Å². The number of nitrogens with zero attached hydrogens (tertiary/aromatic N) is 4. The van der Waals surface area contributed by atoms with Crippen molar-refractivity contribution in [1.29, 1.82) is 10.5 Å². The number of nitriles is 2. The molecular weight excluding hydrogens is 312 g/mol. The van der Waals surface area contributed by atoms with Crippen LogP contribution in [0.1, 0.15) is 24.5 Å². The Balaban J connectivity index is 1.97. The van der Waals surface area contributed by atoms with Crippen molar-refractivity contribution >= 4 is 11.4 Å². The zero-order valence-electron chi connectivity index (χ0n) is 14.2. The minimum Gasteiger partial charge on any atom is -0.497 e. The fourth-order valence-corrected chi connectivity index (χ4v) is 3.05. The van der Waals surface area contributed by atoms with Gasteiger partial charge in [-0.3, -0.25) is 5.01 Å². The molecular formula is C20H18N4O. The third-order valence-corrected chi connectivity index (χ3v) is 4.49. The minimum absolute atomic E-state index is 0.0240. The van der Waals surface area contributed by atoms with Gasteiger partial charge in [-0.05, 0) is 42.0 Å². The van der Waals surface area contributed by atoms with Crippen molar-refractivity contribution in [2.75, 3.05) is 12.1 Å². The summed E-state index contributed by atoms with van der Waals surface area (Å²) in [5.74, 6) is 0.888. The molecule has 5 heteroatoms. The first-order valence-corrected chi connectivity index (χ1v) is 8.07. The Morgan fingerprint density at radius 1 is 1.08 bits per heavy atom. The van der Waals surface area contributed by atoms with Crippen molar-refractivity contribution in [3.05, 3.63) is 59.7 Å². The zero-order valence-corrected chi connectivity index (χ0v) is 14.2. The lowest BCUT2D eigenvalue weighted by molar-refractivity contribution is 0.414. The summed E-state index contributed by atoms with van der Waals surface area (Å²) in [5, 5.41) is 24.9. The highest BCUT2D eigenvalue weighted by Gasteiger charge is 2.35. The maximum Gasteiger partial charge on any atom is 0.119 e. The second kappa shape index (κ2) is 7.07. The van der Waals surface area contributed by atoms with Crippen LogP contribution in [0.15, 0.2) is 53.6 Å². The molecule has 0 amide bonds. The molecule has 0 fully saturated rings. The molecule has 0 saturated heterocycles. The summed E-state index contributed by atoms with van der Waals surface area (Å²) in [6, 6.07) is 19.4. The smallest absolute Gasteiger partial charge is 0.119 e. The molecule has 0 bridgehead atoms. The number of methoxy groups -OCH3 is 1. The summed E-state index contributed by atoms with van der Waals surface area (Å²) in [7, 11) is 1.63. The predicted molar refractivity (Wildman–Crippen MR) is 96.3 cm³/mol. The van der Waals surface area contributed by atoms with Crippen molar-refractivity contribution < 1.29 is 4.74 Å². The fraction of sp³-hybridized carbons (Fsp3) is 0.250. The molecule has 1 heterocycles. The molecule has 0 aliphatic carbocycles. The summed E-state index contributed by atoms with van der Waals surface area (Å²) >= 11 is 0. The van der Waals surface area contributed by atoms with Gasteiger partial charge < -0.3 is 4.74 Å². The van der Waals surface area contributed by atoms with E-state index >= 15 is 0 Å². The fourth-order valence-electron chi connectivity index (χ4n) is 3.05. The van der Waals surface area contributed by atoms with E-state index in [1.165, 1.54) is 0 Å². The lowest BCUT2D eigenvalue weighted by Crippen LogP contribution is -2.31. The highest BCUT2D eigenvalue weighted by Crippen LogP contribution is 2.33. The number of hydrogen-bond acceptors (Lipinski definition) is 5. The number of anilines is 1. The van der Waals surface area contributed by atoms with Crippen molar-refractivity contribution in [2.24, 2.45) is 11.0 Å². The molecule has 0 radical (unpaired) electrons. The average molecular weight is 330 g/mol. The van der Waals surface area contributed by atoms with E-state index in [0.717, 1.165) is 22.7 Å². The maximum absolute atomic E-state index is 9.23. The maximum atomic E-state index is 9.23. The van der Waals surface area contributed by atoms with Crippen LogP contribution in [-0.4, -0.2) is 18.9 Å². The molecule has 0 N–H and O–H groups in total. The van der Waals surface area contributed by atoms with Crippen LogP contribution in [0.3, 0.4) is 0 Å². The quantitative estimate of drug-likeness (QED) is 0.856. The van der Waals surface area contributed by atoms with Gasteiger partial charge in [0.2, 0.25) is 0 Å². The van der Waals surface area contributed by atoms with Gasteiger partial charge in [0, 0.05) is 5.92 Å². The molecule has 2 aromatic carbocycles. The van der Waals surface area contributed by atoms with E-state index in [4.69, 9.17) is 15.1 Å². The molecule has 0 unspecified atom stereocenters. The van der Waals surface area contributed by atoms with Crippen LogP contribution in [0.4, 0.5) is 5.69 Å². The Bertz CT molecular complexity index is 857. The molecule has 2 aromatic rings. The van der Waals surface area contributed by atoms with E-state index in [1.54, 1.807) is 19.2 Å². The molecule has 5 nitrogen and oxygen atoms in total. The monoisotopic (exact) mass is 330 g/mol. The van der Waals surface area contributed by atoms with Gasteiger partial charge in [0.15, 0.2) is 0 Å². The van der Waals surface area contributed by atoms with E-state index in [1.807, 2.05) is 41.4 Å². The van der Waals surface area contributed by atoms with Gasteiger partial charge in [0.05, 0.1) is 48.7 Å². The third-order valence-electron chi connectivity index (χ3n) is 4.49. The highest BCUT2D eigenvalue weighted by molar-refractivity contribution is 6.04. The standard InChI is InChI=1S/C20H18N4O/c1-14-19(11-12-21)24(17-7-9-18(25-2)10-8-17)23-20(14)16-5-3-15(13-22)4-6-16/h3-10,14,19H,11H2,1-2H3/t14-,19-/m0/s1. The predicted octanol–water partition coefficient (Wildman–Crippen LogP) is 3.71. The zero-order chi connectivity index (χ0) is 17.8. The van der Waals surface area contributed by atoms with Crippen LogP contribution in [0.25, 0.3) is 0 Å². The Morgan fingerprint density at radius 2 is 1.76 bits per heavy atom. The molecule has 124 valence electrons. The molecule has 25 heavy (non-hydrogen) atoms. The molecule has 0 aromatic heterocycles. The molecule has 3 rings (SSSR count). The third kappa shape index (κ3) is 3.18. The Kier molecular flexibility index (Phi) is 4.68. The van der Waals surface area contributed by atoms with Gasteiger partial charge in [-0.15, -0.1) is 0 Å². The van der Waals surface area contributed by atoms with Crippen molar-refractivity contribution in [2.45, 2.75) is 19.4 Å². The van der Waals surface area contributed by atoms with Crippen molar-refractivity contribution in [3.63, 3.8) is 0 Å². The van der Waals surface area contributed by atoms with Crippen molar-refractivity contribution in [3.8, 4) is 17.9 Å². The number of hydrazone groups is 1. The average Bonchev–Trinajstić information content (AvgIpc) is 2.99. The Labute approximate surface area is 147 Å².